The number of ether oxygens (including phenoxy) is 4. The first-order chi connectivity index (χ1) is 26.0. The molecule has 288 valence electrons. The Bertz CT molecular complexity index is 2100. The predicted molar refractivity (Wildman–Crippen MR) is 201 cm³/mol. The summed E-state index contributed by atoms with van der Waals surface area (Å²) < 4.78 is 40.8. The topological polar surface area (TPSA) is 155 Å². The van der Waals surface area contributed by atoms with Crippen LogP contribution in [0.25, 0.3) is 33.1 Å². The number of hydrogen-bond donors (Lipinski definition) is 2. The maximum atomic E-state index is 17.3. The maximum Gasteiger partial charge on any atom is 0.319 e. The highest BCUT2D eigenvalue weighted by Gasteiger charge is 2.55. The fourth-order valence-electron chi connectivity index (χ4n) is 9.64. The Morgan fingerprint density at radius 3 is 2.78 bits per heavy atom. The van der Waals surface area contributed by atoms with Crippen molar-refractivity contribution in [2.24, 2.45) is 10.8 Å². The zero-order chi connectivity index (χ0) is 37.8. The molecule has 15 heteroatoms. The van der Waals surface area contributed by atoms with E-state index in [0.29, 0.717) is 65.8 Å². The summed E-state index contributed by atoms with van der Waals surface area (Å²) in [4.78, 5) is 18.9. The minimum Gasteiger partial charge on any atom is -0.480 e. The van der Waals surface area contributed by atoms with E-state index in [9.17, 15) is 10.4 Å². The molecule has 4 aliphatic rings. The van der Waals surface area contributed by atoms with Gasteiger partial charge in [-0.25, -0.2) is 9.37 Å². The number of anilines is 1. The molecular formula is C39H48ClFN8O5. The third kappa shape index (κ3) is 6.41. The largest absolute Gasteiger partial charge is 0.480 e. The lowest BCUT2D eigenvalue weighted by Crippen LogP contribution is -2.60. The van der Waals surface area contributed by atoms with Crippen LogP contribution in [-0.2, 0) is 9.47 Å². The van der Waals surface area contributed by atoms with Gasteiger partial charge in [0.05, 0.1) is 61.7 Å². The van der Waals surface area contributed by atoms with E-state index in [1.165, 1.54) is 7.11 Å². The predicted octanol–water partition coefficient (Wildman–Crippen LogP) is 5.99. The van der Waals surface area contributed by atoms with Crippen molar-refractivity contribution >= 4 is 39.2 Å². The fourth-order valence-corrected chi connectivity index (χ4v) is 9.88. The molecule has 0 radical (unpaired) electrons. The molecule has 2 N–H and O–H groups in total. The molecular weight excluding hydrogens is 715 g/mol. The molecule has 13 nitrogen and oxygen atoms in total. The third-order valence-corrected chi connectivity index (χ3v) is 12.8. The van der Waals surface area contributed by atoms with E-state index in [4.69, 9.17) is 45.5 Å². The van der Waals surface area contributed by atoms with Gasteiger partial charge in [0.25, 0.3) is 0 Å². The molecule has 2 aliphatic carbocycles. The van der Waals surface area contributed by atoms with Crippen molar-refractivity contribution in [2.75, 3.05) is 65.2 Å². The molecule has 5 heterocycles. The lowest BCUT2D eigenvalue weighted by atomic mass is 9.62. The number of likely N-dealkylation sites (tertiary alicyclic amines) is 1. The van der Waals surface area contributed by atoms with Crippen LogP contribution in [0.4, 0.5) is 10.2 Å². The summed E-state index contributed by atoms with van der Waals surface area (Å²) in [6.07, 6.45) is 9.24. The van der Waals surface area contributed by atoms with Crippen molar-refractivity contribution in [2.45, 2.75) is 82.9 Å². The van der Waals surface area contributed by atoms with Gasteiger partial charge in [0.2, 0.25) is 5.88 Å². The van der Waals surface area contributed by atoms with Crippen LogP contribution in [-0.4, -0.2) is 113 Å². The SMILES string of the molecule is COCCC1(C#N)CC(N2CCCC3(COc4nc(N5CCOCC(C)(O)C5)c5c(OC)nc(-c6c(Cl)c(C)cc7[nH]ncc67)c(F)c5n4)CCCC23)C1. The van der Waals surface area contributed by atoms with Crippen LogP contribution in [0, 0.1) is 34.9 Å². The van der Waals surface area contributed by atoms with Gasteiger partial charge in [-0.3, -0.25) is 10.00 Å². The number of benzene rings is 1. The molecule has 2 aliphatic heterocycles. The number of aryl methyl sites for hydroxylation is 1. The highest BCUT2D eigenvalue weighted by atomic mass is 35.5. The Balaban J connectivity index is 1.19. The van der Waals surface area contributed by atoms with E-state index in [0.717, 1.165) is 63.5 Å². The monoisotopic (exact) mass is 762 g/mol. The average molecular weight is 763 g/mol. The second-order valence-electron chi connectivity index (χ2n) is 16.1. The van der Waals surface area contributed by atoms with E-state index in [-0.39, 0.29) is 52.5 Å². The minimum absolute atomic E-state index is 0.0278. The molecule has 1 aromatic carbocycles. The molecule has 0 amide bonds. The molecule has 54 heavy (non-hydrogen) atoms. The first-order valence-corrected chi connectivity index (χ1v) is 19.3. The second kappa shape index (κ2) is 14.3. The Labute approximate surface area is 319 Å². The number of aliphatic hydroxyl groups is 1. The zero-order valence-electron chi connectivity index (χ0n) is 31.4. The minimum atomic E-state index is -1.20. The Morgan fingerprint density at radius 2 is 2.00 bits per heavy atom. The molecule has 3 unspecified atom stereocenters. The number of pyridine rings is 1. The Morgan fingerprint density at radius 1 is 1.19 bits per heavy atom. The van der Waals surface area contributed by atoms with Crippen LogP contribution in [0.2, 0.25) is 5.02 Å². The van der Waals surface area contributed by atoms with Gasteiger partial charge in [-0.15, -0.1) is 0 Å². The molecule has 0 bridgehead atoms. The van der Waals surface area contributed by atoms with Gasteiger partial charge in [-0.1, -0.05) is 18.0 Å². The highest BCUT2D eigenvalue weighted by molar-refractivity contribution is 6.35. The lowest BCUT2D eigenvalue weighted by Gasteiger charge is -2.55. The number of H-pyrrole nitrogens is 1. The number of β-amino-alcohol motifs (C(OH)–C–C–N with tert-alkyl or cyclic N) is 1. The van der Waals surface area contributed by atoms with Crippen molar-refractivity contribution in [1.82, 2.24) is 30.0 Å². The van der Waals surface area contributed by atoms with Crippen molar-refractivity contribution in [3.05, 3.63) is 28.7 Å². The Hall–Kier alpha value is -3.87. The van der Waals surface area contributed by atoms with Gasteiger partial charge < -0.3 is 29.0 Å². The molecule has 4 aromatic rings. The van der Waals surface area contributed by atoms with Gasteiger partial charge in [0.1, 0.15) is 28.0 Å². The molecule has 0 spiro atoms. The summed E-state index contributed by atoms with van der Waals surface area (Å²) in [6, 6.07) is 5.16. The summed E-state index contributed by atoms with van der Waals surface area (Å²) in [5.74, 6) is -0.255. The Kier molecular flexibility index (Phi) is 9.84. The number of halogens is 2. The van der Waals surface area contributed by atoms with Crippen molar-refractivity contribution in [1.29, 1.82) is 5.26 Å². The van der Waals surface area contributed by atoms with Crippen LogP contribution < -0.4 is 14.4 Å². The molecule has 2 saturated heterocycles. The number of hydrogen-bond acceptors (Lipinski definition) is 12. The molecule has 3 aromatic heterocycles. The van der Waals surface area contributed by atoms with Crippen LogP contribution in [0.3, 0.4) is 0 Å². The van der Waals surface area contributed by atoms with Gasteiger partial charge >= 0.3 is 6.01 Å². The number of aromatic nitrogens is 5. The average Bonchev–Trinajstić information content (AvgIpc) is 3.75. The van der Waals surface area contributed by atoms with E-state index in [2.05, 4.69) is 21.2 Å². The van der Waals surface area contributed by atoms with Crippen molar-refractivity contribution in [3.63, 3.8) is 0 Å². The summed E-state index contributed by atoms with van der Waals surface area (Å²) in [6.45, 7) is 6.52. The number of nitrogens with one attached hydrogen (secondary N) is 1. The van der Waals surface area contributed by atoms with Crippen LogP contribution >= 0.6 is 11.6 Å². The zero-order valence-corrected chi connectivity index (χ0v) is 32.1. The van der Waals surface area contributed by atoms with E-state index < -0.39 is 11.4 Å². The van der Waals surface area contributed by atoms with Gasteiger partial charge in [0.15, 0.2) is 5.82 Å². The number of fused-ring (bicyclic) bond motifs is 3. The molecule has 4 fully saturated rings. The molecule has 8 rings (SSSR count). The van der Waals surface area contributed by atoms with E-state index in [1.807, 2.05) is 17.9 Å². The first-order valence-electron chi connectivity index (χ1n) is 18.9. The summed E-state index contributed by atoms with van der Waals surface area (Å²) >= 11 is 6.88. The molecule has 3 atom stereocenters. The summed E-state index contributed by atoms with van der Waals surface area (Å²) in [5, 5.41) is 29.6. The number of aromatic amines is 1. The second-order valence-corrected chi connectivity index (χ2v) is 16.5. The van der Waals surface area contributed by atoms with Gasteiger partial charge in [0, 0.05) is 48.7 Å². The highest BCUT2D eigenvalue weighted by Crippen LogP contribution is 2.54. The quantitative estimate of drug-likeness (QED) is 0.195. The number of nitrogens with zero attached hydrogens (tertiary/aromatic N) is 7. The number of rotatable bonds is 10. The number of methoxy groups -OCH3 is 2. The maximum absolute atomic E-state index is 17.3. The fraction of sp³-hybridized carbons (Fsp3) is 0.615. The van der Waals surface area contributed by atoms with Crippen molar-refractivity contribution < 1.29 is 28.4 Å². The number of piperidine rings is 1. The molecule has 2 saturated carbocycles. The first kappa shape index (κ1) is 37.1. The van der Waals surface area contributed by atoms with Gasteiger partial charge in [-0.2, -0.15) is 20.3 Å². The summed E-state index contributed by atoms with van der Waals surface area (Å²) in [5.41, 5.74) is 0.0813. The normalized spacial score (nSPS) is 28.8. The van der Waals surface area contributed by atoms with E-state index >= 15 is 4.39 Å². The van der Waals surface area contributed by atoms with Gasteiger partial charge in [-0.05, 0) is 77.0 Å². The van der Waals surface area contributed by atoms with Crippen LogP contribution in [0.15, 0.2) is 12.3 Å². The third-order valence-electron chi connectivity index (χ3n) is 12.3. The van der Waals surface area contributed by atoms with E-state index in [1.54, 1.807) is 20.2 Å². The van der Waals surface area contributed by atoms with Crippen LogP contribution in [0.5, 0.6) is 11.9 Å². The van der Waals surface area contributed by atoms with Crippen molar-refractivity contribution in [3.8, 4) is 29.2 Å². The smallest absolute Gasteiger partial charge is 0.319 e. The standard InChI is InChI=1S/C39H48ClFN8O5/c1-23-15-26-25(18-43-47-26)28(30(23)40)32-31(41)33-29(35(44-32)52-4)34(48-12-14-53-21-37(2,50)20-48)46-36(45-33)54-22-39-8-5-7-27(39)49(11-6-9-39)24-16-38(17-24,19-42)10-13-51-3/h15,18,24,27,50H,5-14,16-17,20-22H2,1-4H3,(H,43,47). The lowest BCUT2D eigenvalue weighted by molar-refractivity contribution is -0.0712. The summed E-state index contributed by atoms with van der Waals surface area (Å²) in [7, 11) is 3.16. The number of nitriles is 1. The van der Waals surface area contributed by atoms with Crippen LogP contribution in [0.1, 0.15) is 63.9 Å².